The number of nitrogens with one attached hydrogen (secondary N) is 1. The zero-order valence-electron chi connectivity index (χ0n) is 11.4. The lowest BCUT2D eigenvalue weighted by Gasteiger charge is -2.31. The molecule has 4 nitrogen and oxygen atoms in total. The minimum Gasteiger partial charge on any atom is -0.396 e. The van der Waals surface area contributed by atoms with Crippen molar-refractivity contribution in [1.29, 1.82) is 0 Å². The van der Waals surface area contributed by atoms with Crippen LogP contribution in [0.15, 0.2) is 24.3 Å². The van der Waals surface area contributed by atoms with Crippen molar-refractivity contribution >= 4 is 11.6 Å². The largest absolute Gasteiger partial charge is 0.396 e. The Morgan fingerprint density at radius 3 is 2.68 bits per heavy atom. The van der Waals surface area contributed by atoms with Gasteiger partial charge in [-0.1, -0.05) is 12.1 Å². The lowest BCUT2D eigenvalue weighted by molar-refractivity contribution is 0.0652. The molecule has 1 aromatic carbocycles. The number of nitrogens with zero attached hydrogens (tertiary/aromatic N) is 1. The molecule has 1 fully saturated rings. The molecule has 1 aliphatic heterocycles. The van der Waals surface area contributed by atoms with Gasteiger partial charge in [0.1, 0.15) is 0 Å². The highest BCUT2D eigenvalue weighted by atomic mass is 16.3. The molecule has 0 aromatic heterocycles. The highest BCUT2D eigenvalue weighted by Gasteiger charge is 2.24. The smallest absolute Gasteiger partial charge is 0.255 e. The van der Waals surface area contributed by atoms with E-state index in [-0.39, 0.29) is 12.5 Å². The molecule has 0 atom stereocenters. The average molecular weight is 262 g/mol. The van der Waals surface area contributed by atoms with Gasteiger partial charge in [-0.3, -0.25) is 4.79 Å². The summed E-state index contributed by atoms with van der Waals surface area (Å²) in [6, 6.07) is 7.65. The fraction of sp³-hybridized carbons (Fsp3) is 0.533. The second-order valence-corrected chi connectivity index (χ2v) is 4.99. The van der Waals surface area contributed by atoms with E-state index < -0.39 is 0 Å². The van der Waals surface area contributed by atoms with Crippen LogP contribution in [0.2, 0.25) is 0 Å². The molecule has 0 saturated carbocycles. The Hall–Kier alpha value is -1.55. The SMILES string of the molecule is CCNc1ccccc1C(=O)N1CCC(CO)CC1. The molecule has 1 saturated heterocycles. The van der Waals surface area contributed by atoms with Crippen LogP contribution in [-0.2, 0) is 0 Å². The average Bonchev–Trinajstić information content (AvgIpc) is 2.47. The lowest BCUT2D eigenvalue weighted by Crippen LogP contribution is -2.39. The van der Waals surface area contributed by atoms with Gasteiger partial charge in [0.2, 0.25) is 0 Å². The minimum atomic E-state index is 0.0907. The monoisotopic (exact) mass is 262 g/mol. The molecule has 4 heteroatoms. The maximum Gasteiger partial charge on any atom is 0.255 e. The van der Waals surface area contributed by atoms with Crippen LogP contribution in [0.3, 0.4) is 0 Å². The van der Waals surface area contributed by atoms with Gasteiger partial charge < -0.3 is 15.3 Å². The predicted molar refractivity (Wildman–Crippen MR) is 76.3 cm³/mol. The van der Waals surface area contributed by atoms with Gasteiger partial charge in [-0.15, -0.1) is 0 Å². The Balaban J connectivity index is 2.07. The van der Waals surface area contributed by atoms with Gasteiger partial charge in [0, 0.05) is 31.9 Å². The summed E-state index contributed by atoms with van der Waals surface area (Å²) in [6.07, 6.45) is 1.79. The zero-order chi connectivity index (χ0) is 13.7. The first kappa shape index (κ1) is 13.9. The van der Waals surface area contributed by atoms with Crippen LogP contribution in [0.5, 0.6) is 0 Å². The van der Waals surface area contributed by atoms with Gasteiger partial charge in [-0.2, -0.15) is 0 Å². The lowest BCUT2D eigenvalue weighted by atomic mass is 9.97. The van der Waals surface area contributed by atoms with Crippen molar-refractivity contribution in [2.75, 3.05) is 31.6 Å². The van der Waals surface area contributed by atoms with Gasteiger partial charge in [0.25, 0.3) is 5.91 Å². The number of rotatable bonds is 4. The standard InChI is InChI=1S/C15H22N2O2/c1-2-16-14-6-4-3-5-13(14)15(19)17-9-7-12(11-18)8-10-17/h3-6,12,16,18H,2,7-11H2,1H3. The van der Waals surface area contributed by atoms with E-state index in [1.54, 1.807) is 0 Å². The van der Waals surface area contributed by atoms with Crippen LogP contribution < -0.4 is 5.32 Å². The third kappa shape index (κ3) is 3.26. The number of para-hydroxylation sites is 1. The molecule has 19 heavy (non-hydrogen) atoms. The summed E-state index contributed by atoms with van der Waals surface area (Å²) in [4.78, 5) is 14.4. The summed E-state index contributed by atoms with van der Waals surface area (Å²) in [5.74, 6) is 0.445. The van der Waals surface area contributed by atoms with Crippen molar-refractivity contribution in [3.63, 3.8) is 0 Å². The van der Waals surface area contributed by atoms with Crippen LogP contribution in [0.1, 0.15) is 30.1 Å². The molecule has 1 aliphatic rings. The van der Waals surface area contributed by atoms with Crippen molar-refractivity contribution in [1.82, 2.24) is 4.90 Å². The van der Waals surface area contributed by atoms with E-state index >= 15 is 0 Å². The number of hydrogen-bond donors (Lipinski definition) is 2. The maximum atomic E-state index is 12.5. The number of anilines is 1. The van der Waals surface area contributed by atoms with Crippen LogP contribution in [0.4, 0.5) is 5.69 Å². The Labute approximate surface area is 114 Å². The Morgan fingerprint density at radius 1 is 1.37 bits per heavy atom. The first-order valence-corrected chi connectivity index (χ1v) is 6.99. The van der Waals surface area contributed by atoms with Gasteiger partial charge in [0.15, 0.2) is 0 Å². The molecule has 104 valence electrons. The molecule has 0 aliphatic carbocycles. The molecule has 0 spiro atoms. The topological polar surface area (TPSA) is 52.6 Å². The molecule has 2 rings (SSSR count). The number of likely N-dealkylation sites (tertiary alicyclic amines) is 1. The maximum absolute atomic E-state index is 12.5. The third-order valence-electron chi connectivity index (χ3n) is 3.68. The number of carbonyl (C=O) groups is 1. The first-order valence-electron chi connectivity index (χ1n) is 6.99. The fourth-order valence-electron chi connectivity index (χ4n) is 2.50. The normalized spacial score (nSPS) is 16.4. The number of aliphatic hydroxyl groups is 1. The number of amides is 1. The number of aliphatic hydroxyl groups excluding tert-OH is 1. The summed E-state index contributed by atoms with van der Waals surface area (Å²) in [5, 5.41) is 12.4. The Bertz CT molecular complexity index is 426. The van der Waals surface area contributed by atoms with E-state index in [1.165, 1.54) is 0 Å². The summed E-state index contributed by atoms with van der Waals surface area (Å²) in [7, 11) is 0. The van der Waals surface area contributed by atoms with Crippen LogP contribution in [-0.4, -0.2) is 42.2 Å². The third-order valence-corrected chi connectivity index (χ3v) is 3.68. The predicted octanol–water partition coefficient (Wildman–Crippen LogP) is 1.96. The van der Waals surface area contributed by atoms with Crippen LogP contribution in [0.25, 0.3) is 0 Å². The second kappa shape index (κ2) is 6.57. The summed E-state index contributed by atoms with van der Waals surface area (Å²) in [5.41, 5.74) is 1.64. The van der Waals surface area contributed by atoms with Gasteiger partial charge in [-0.05, 0) is 37.8 Å². The van der Waals surface area contributed by atoms with Crippen molar-refractivity contribution < 1.29 is 9.90 Å². The summed E-state index contributed by atoms with van der Waals surface area (Å²) >= 11 is 0. The van der Waals surface area contributed by atoms with Gasteiger partial charge >= 0.3 is 0 Å². The van der Waals surface area contributed by atoms with Gasteiger partial charge in [-0.25, -0.2) is 0 Å². The highest BCUT2D eigenvalue weighted by Crippen LogP contribution is 2.22. The van der Waals surface area contributed by atoms with E-state index in [4.69, 9.17) is 5.11 Å². The number of benzene rings is 1. The van der Waals surface area contributed by atoms with Crippen molar-refractivity contribution in [3.05, 3.63) is 29.8 Å². The van der Waals surface area contributed by atoms with E-state index in [1.807, 2.05) is 36.1 Å². The van der Waals surface area contributed by atoms with E-state index in [0.717, 1.165) is 43.7 Å². The van der Waals surface area contributed by atoms with Crippen LogP contribution >= 0.6 is 0 Å². The molecular weight excluding hydrogens is 240 g/mol. The van der Waals surface area contributed by atoms with Crippen molar-refractivity contribution in [2.24, 2.45) is 5.92 Å². The van der Waals surface area contributed by atoms with Crippen molar-refractivity contribution in [3.8, 4) is 0 Å². The molecule has 1 aromatic rings. The molecule has 1 amide bonds. The zero-order valence-corrected chi connectivity index (χ0v) is 11.4. The molecule has 1 heterocycles. The van der Waals surface area contributed by atoms with E-state index in [2.05, 4.69) is 5.32 Å². The van der Waals surface area contributed by atoms with Gasteiger partial charge in [0.05, 0.1) is 5.56 Å². The Kier molecular flexibility index (Phi) is 4.80. The first-order chi connectivity index (χ1) is 9.26. The highest BCUT2D eigenvalue weighted by molar-refractivity contribution is 5.99. The van der Waals surface area contributed by atoms with E-state index in [0.29, 0.717) is 5.92 Å². The molecule has 0 bridgehead atoms. The number of piperidine rings is 1. The summed E-state index contributed by atoms with van der Waals surface area (Å²) < 4.78 is 0. The minimum absolute atomic E-state index is 0.0907. The van der Waals surface area contributed by atoms with Crippen LogP contribution in [0, 0.1) is 5.92 Å². The molecular formula is C15H22N2O2. The Morgan fingerprint density at radius 2 is 2.05 bits per heavy atom. The molecule has 0 unspecified atom stereocenters. The molecule has 2 N–H and O–H groups in total. The fourth-order valence-corrected chi connectivity index (χ4v) is 2.50. The van der Waals surface area contributed by atoms with Crippen molar-refractivity contribution in [2.45, 2.75) is 19.8 Å². The quantitative estimate of drug-likeness (QED) is 0.872. The summed E-state index contributed by atoms with van der Waals surface area (Å²) in [6.45, 7) is 4.54. The molecule has 0 radical (unpaired) electrons. The number of carbonyl (C=O) groups excluding carboxylic acids is 1. The van der Waals surface area contributed by atoms with E-state index in [9.17, 15) is 4.79 Å². The number of hydrogen-bond acceptors (Lipinski definition) is 3. The second-order valence-electron chi connectivity index (χ2n) is 4.99.